The molecule has 2 amide bonds. The lowest BCUT2D eigenvalue weighted by atomic mass is 10.2. The Kier molecular flexibility index (Phi) is 6.33. The molecule has 1 fully saturated rings. The second-order valence-electron chi connectivity index (χ2n) is 8.36. The van der Waals surface area contributed by atoms with E-state index in [0.717, 1.165) is 38.7 Å². The van der Waals surface area contributed by atoms with Gasteiger partial charge in [-0.15, -0.1) is 32.9 Å². The van der Waals surface area contributed by atoms with E-state index in [1.54, 1.807) is 6.20 Å². The van der Waals surface area contributed by atoms with Crippen LogP contribution in [0.3, 0.4) is 0 Å². The number of aryl methyl sites for hydroxylation is 1. The number of hydrogen-bond acceptors (Lipinski definition) is 13. The van der Waals surface area contributed by atoms with E-state index in [1.165, 1.54) is 22.7 Å². The number of rotatable bonds is 8. The van der Waals surface area contributed by atoms with E-state index in [2.05, 4.69) is 25.5 Å². The molecule has 1 aliphatic heterocycles. The number of carbonyl (C=O) groups is 2. The molecule has 16 heteroatoms. The molecule has 1 aliphatic rings. The van der Waals surface area contributed by atoms with E-state index in [4.69, 9.17) is 9.40 Å². The Morgan fingerprint density at radius 1 is 1.13 bits per heavy atom. The van der Waals surface area contributed by atoms with Crippen LogP contribution in [0.25, 0.3) is 26.6 Å². The van der Waals surface area contributed by atoms with Gasteiger partial charge in [0.15, 0.2) is 15.0 Å². The van der Waals surface area contributed by atoms with Crippen molar-refractivity contribution in [2.24, 2.45) is 0 Å². The molecule has 0 saturated carbocycles. The van der Waals surface area contributed by atoms with Crippen LogP contribution in [0.4, 0.5) is 4.79 Å². The van der Waals surface area contributed by atoms with E-state index in [-0.39, 0.29) is 24.0 Å². The molecule has 194 valence electrons. The summed E-state index contributed by atoms with van der Waals surface area (Å²) in [6, 6.07) is 5.72. The van der Waals surface area contributed by atoms with E-state index in [0.29, 0.717) is 10.5 Å². The Labute approximate surface area is 227 Å². The van der Waals surface area contributed by atoms with Crippen LogP contribution in [0.1, 0.15) is 22.6 Å². The summed E-state index contributed by atoms with van der Waals surface area (Å²) in [4.78, 5) is 36.5. The predicted molar refractivity (Wildman–Crippen MR) is 142 cm³/mol. The molecule has 5 aromatic rings. The molecule has 1 aromatic carbocycles. The summed E-state index contributed by atoms with van der Waals surface area (Å²) < 4.78 is 33.9. The fourth-order valence-corrected chi connectivity index (χ4v) is 8.11. The first kappa shape index (κ1) is 24.8. The van der Waals surface area contributed by atoms with Crippen LogP contribution < -0.4 is 5.32 Å². The zero-order valence-electron chi connectivity index (χ0n) is 19.5. The number of nitrogens with one attached hydrogen (secondary N) is 1. The minimum Gasteiger partial charge on any atom is -0.424 e. The molecule has 1 N–H and O–H groups in total. The molecule has 12 nitrogen and oxygen atoms in total. The lowest BCUT2D eigenvalue weighted by molar-refractivity contribution is -0.119. The maximum Gasteiger partial charge on any atom is 0.286 e. The van der Waals surface area contributed by atoms with E-state index >= 15 is 0 Å². The minimum absolute atomic E-state index is 0.0396. The van der Waals surface area contributed by atoms with Gasteiger partial charge in [0.2, 0.25) is 17.7 Å². The van der Waals surface area contributed by atoms with Crippen LogP contribution in [0.5, 0.6) is 0 Å². The average molecular weight is 588 g/mol. The Hall–Kier alpha value is -3.47. The van der Waals surface area contributed by atoms with Crippen molar-refractivity contribution in [3.63, 3.8) is 0 Å². The number of carbonyl (C=O) groups excluding carboxylic acids is 2. The highest BCUT2D eigenvalue weighted by Gasteiger charge is 2.33. The Morgan fingerprint density at radius 3 is 2.74 bits per heavy atom. The standard InChI is InChI=1S/C22H17N7O5S4/c1-11-23-4-5-29(11)21-25-14(8-35-21)12-2-3-13-15(6-12)36-19(24-13)10-38(32,33)9-18-28-27-17(34-18)7-16-20(30)26-22(31)37-16/h2-6,8,16H,7,9-10H2,1H3,(H,26,30,31). The van der Waals surface area contributed by atoms with Crippen LogP contribution in [-0.4, -0.2) is 54.5 Å². The molecule has 38 heavy (non-hydrogen) atoms. The van der Waals surface area contributed by atoms with Crippen LogP contribution in [0.2, 0.25) is 0 Å². The number of aromatic nitrogens is 6. The molecule has 0 spiro atoms. The van der Waals surface area contributed by atoms with Gasteiger partial charge in [-0.3, -0.25) is 19.5 Å². The second kappa shape index (κ2) is 9.68. The summed E-state index contributed by atoms with van der Waals surface area (Å²) in [6.07, 6.45) is 3.63. The summed E-state index contributed by atoms with van der Waals surface area (Å²) in [5, 5.41) is 11.9. The Morgan fingerprint density at radius 2 is 1.97 bits per heavy atom. The van der Waals surface area contributed by atoms with Gasteiger partial charge in [-0.2, -0.15) is 0 Å². The normalized spacial score (nSPS) is 16.0. The largest absolute Gasteiger partial charge is 0.424 e. The number of amides is 2. The lowest BCUT2D eigenvalue weighted by Crippen LogP contribution is -2.25. The van der Waals surface area contributed by atoms with Gasteiger partial charge in [-0.05, 0) is 19.1 Å². The van der Waals surface area contributed by atoms with Crippen molar-refractivity contribution in [2.45, 2.75) is 30.1 Å². The first-order valence-corrected chi connectivity index (χ1v) is 15.5. The zero-order chi connectivity index (χ0) is 26.4. The molecule has 1 saturated heterocycles. The summed E-state index contributed by atoms with van der Waals surface area (Å²) in [7, 11) is -3.66. The van der Waals surface area contributed by atoms with E-state index in [9.17, 15) is 18.0 Å². The summed E-state index contributed by atoms with van der Waals surface area (Å²) in [6.45, 7) is 1.91. The monoisotopic (exact) mass is 587 g/mol. The van der Waals surface area contributed by atoms with Crippen LogP contribution in [-0.2, 0) is 32.6 Å². The predicted octanol–water partition coefficient (Wildman–Crippen LogP) is 3.31. The highest BCUT2D eigenvalue weighted by atomic mass is 32.2. The minimum atomic E-state index is -3.66. The van der Waals surface area contributed by atoms with Crippen LogP contribution in [0.15, 0.2) is 40.4 Å². The SMILES string of the molecule is Cc1nccn1-c1nc(-c2ccc3nc(CS(=O)(=O)Cc4nnc(CC5SC(=O)NC5=O)o4)sc3c2)cs1. The molecule has 1 atom stereocenters. The van der Waals surface area contributed by atoms with Crippen molar-refractivity contribution in [1.82, 2.24) is 35.0 Å². The number of imide groups is 1. The maximum atomic E-state index is 12.8. The molecule has 0 radical (unpaired) electrons. The summed E-state index contributed by atoms with van der Waals surface area (Å²) in [5.41, 5.74) is 2.42. The molecular weight excluding hydrogens is 571 g/mol. The van der Waals surface area contributed by atoms with Crippen molar-refractivity contribution in [2.75, 3.05) is 0 Å². The fraction of sp³-hybridized carbons (Fsp3) is 0.227. The highest BCUT2D eigenvalue weighted by Crippen LogP contribution is 2.31. The number of benzene rings is 1. The van der Waals surface area contributed by atoms with E-state index in [1.807, 2.05) is 41.3 Å². The van der Waals surface area contributed by atoms with Crippen LogP contribution in [0, 0.1) is 6.92 Å². The van der Waals surface area contributed by atoms with Crippen molar-refractivity contribution in [1.29, 1.82) is 0 Å². The highest BCUT2D eigenvalue weighted by molar-refractivity contribution is 8.15. The summed E-state index contributed by atoms with van der Waals surface area (Å²) >= 11 is 3.65. The molecule has 1 unspecified atom stereocenters. The molecule has 4 aromatic heterocycles. The lowest BCUT2D eigenvalue weighted by Gasteiger charge is -2.00. The first-order chi connectivity index (χ1) is 18.2. The van der Waals surface area contributed by atoms with Gasteiger partial charge >= 0.3 is 0 Å². The quantitative estimate of drug-likeness (QED) is 0.283. The number of nitrogens with zero attached hydrogens (tertiary/aromatic N) is 6. The van der Waals surface area contributed by atoms with Crippen molar-refractivity contribution in [3.8, 4) is 16.4 Å². The smallest absolute Gasteiger partial charge is 0.286 e. The molecule has 6 rings (SSSR count). The molecular formula is C22H17N7O5S4. The van der Waals surface area contributed by atoms with Crippen LogP contribution >= 0.6 is 34.4 Å². The van der Waals surface area contributed by atoms with Gasteiger partial charge in [0.1, 0.15) is 27.6 Å². The van der Waals surface area contributed by atoms with Crippen molar-refractivity contribution < 1.29 is 22.4 Å². The topological polar surface area (TPSA) is 163 Å². The van der Waals surface area contributed by atoms with Gasteiger partial charge in [0, 0.05) is 29.8 Å². The van der Waals surface area contributed by atoms with Gasteiger partial charge in [-0.25, -0.2) is 23.4 Å². The van der Waals surface area contributed by atoms with Gasteiger partial charge in [0.05, 0.1) is 15.9 Å². The maximum absolute atomic E-state index is 12.8. The van der Waals surface area contributed by atoms with Gasteiger partial charge in [-0.1, -0.05) is 17.8 Å². The zero-order valence-corrected chi connectivity index (χ0v) is 22.8. The number of thioether (sulfide) groups is 1. The molecule has 0 bridgehead atoms. The van der Waals surface area contributed by atoms with Crippen molar-refractivity contribution >= 4 is 65.6 Å². The van der Waals surface area contributed by atoms with Gasteiger partial charge in [0.25, 0.3) is 5.24 Å². The Balaban J connectivity index is 1.15. The Bertz CT molecular complexity index is 1800. The van der Waals surface area contributed by atoms with Gasteiger partial charge < -0.3 is 4.42 Å². The number of sulfone groups is 1. The van der Waals surface area contributed by atoms with Crippen molar-refractivity contribution in [3.05, 3.63) is 58.6 Å². The third-order valence-corrected chi connectivity index (χ3v) is 10.00. The number of fused-ring (bicyclic) bond motifs is 1. The third kappa shape index (κ3) is 5.11. The molecule has 5 heterocycles. The number of hydrogen-bond donors (Lipinski definition) is 1. The third-order valence-electron chi connectivity index (χ3n) is 5.57. The average Bonchev–Trinajstić information content (AvgIpc) is 3.66. The second-order valence-corrected chi connectivity index (χ2v) is 13.6. The molecule has 0 aliphatic carbocycles. The first-order valence-electron chi connectivity index (χ1n) is 11.1. The number of imidazole rings is 1. The van der Waals surface area contributed by atoms with E-state index < -0.39 is 32.0 Å². The fourth-order valence-electron chi connectivity index (χ4n) is 3.82. The summed E-state index contributed by atoms with van der Waals surface area (Å²) in [5.74, 6) is -0.309. The number of thiazole rings is 2.